The first kappa shape index (κ1) is 23.4. The fourth-order valence-corrected chi connectivity index (χ4v) is 5.92. The number of ether oxygens (including phenoxy) is 1. The van der Waals surface area contributed by atoms with Crippen molar-refractivity contribution in [2.75, 3.05) is 39.9 Å². The average molecular weight is 457 g/mol. The normalized spacial score (nSPS) is 23.2. The Labute approximate surface area is 196 Å². The van der Waals surface area contributed by atoms with Crippen LogP contribution in [0.4, 0.5) is 0 Å². The molecule has 4 rings (SSSR count). The Morgan fingerprint density at radius 3 is 3.06 bits per heavy atom. The zero-order chi connectivity index (χ0) is 22.2. The van der Waals surface area contributed by atoms with Gasteiger partial charge in [0.05, 0.1) is 13.2 Å². The average Bonchev–Trinajstić information content (AvgIpc) is 3.32. The van der Waals surface area contributed by atoms with Gasteiger partial charge in [0.15, 0.2) is 0 Å². The van der Waals surface area contributed by atoms with Crippen LogP contribution in [0.3, 0.4) is 0 Å². The van der Waals surface area contributed by atoms with E-state index in [0.717, 1.165) is 38.4 Å². The summed E-state index contributed by atoms with van der Waals surface area (Å²) in [6.45, 7) is 6.31. The summed E-state index contributed by atoms with van der Waals surface area (Å²) in [6, 6.07) is 8.85. The van der Waals surface area contributed by atoms with Gasteiger partial charge in [0, 0.05) is 63.0 Å². The first-order valence-corrected chi connectivity index (χ1v) is 12.7. The van der Waals surface area contributed by atoms with E-state index < -0.39 is 0 Å². The minimum absolute atomic E-state index is 0.242. The summed E-state index contributed by atoms with van der Waals surface area (Å²) in [5, 5.41) is 5.86. The van der Waals surface area contributed by atoms with E-state index in [9.17, 15) is 4.79 Å². The van der Waals surface area contributed by atoms with Crippen LogP contribution in [0.25, 0.3) is 0 Å². The zero-order valence-electron chi connectivity index (χ0n) is 19.1. The van der Waals surface area contributed by atoms with Crippen LogP contribution in [0.1, 0.15) is 36.1 Å². The molecule has 1 amide bonds. The number of fused-ring (bicyclic) bond motifs is 2. The molecule has 2 saturated heterocycles. The number of nitrogens with zero attached hydrogens (tertiary/aromatic N) is 3. The number of pyridine rings is 1. The fraction of sp³-hybridized carbons (Fsp3) is 0.600. The molecule has 174 valence electrons. The summed E-state index contributed by atoms with van der Waals surface area (Å²) in [6.07, 6.45) is 7.76. The third kappa shape index (κ3) is 6.61. The van der Waals surface area contributed by atoms with E-state index in [2.05, 4.69) is 32.7 Å². The molecule has 6 nitrogen and oxygen atoms in total. The Hall–Kier alpha value is -1.80. The third-order valence-electron chi connectivity index (χ3n) is 6.76. The lowest BCUT2D eigenvalue weighted by molar-refractivity contribution is -0.132. The highest BCUT2D eigenvalue weighted by atomic mass is 32.1. The lowest BCUT2D eigenvalue weighted by Crippen LogP contribution is -2.55. The van der Waals surface area contributed by atoms with Gasteiger partial charge < -0.3 is 15.0 Å². The Morgan fingerprint density at radius 1 is 1.34 bits per heavy atom. The van der Waals surface area contributed by atoms with Gasteiger partial charge in [-0.1, -0.05) is 12.1 Å². The summed E-state index contributed by atoms with van der Waals surface area (Å²) >= 11 is 1.71. The number of aromatic nitrogens is 1. The number of hydrogen-bond acceptors (Lipinski definition) is 6. The van der Waals surface area contributed by atoms with Gasteiger partial charge in [-0.2, -0.15) is 0 Å². The van der Waals surface area contributed by atoms with Crippen LogP contribution < -0.4 is 5.32 Å². The van der Waals surface area contributed by atoms with Crippen molar-refractivity contribution in [2.45, 2.75) is 44.8 Å². The predicted molar refractivity (Wildman–Crippen MR) is 128 cm³/mol. The molecule has 0 saturated carbocycles. The molecule has 0 aliphatic carbocycles. The maximum atomic E-state index is 12.9. The minimum atomic E-state index is 0.242. The van der Waals surface area contributed by atoms with Gasteiger partial charge in [-0.15, -0.1) is 11.3 Å². The molecule has 3 atom stereocenters. The summed E-state index contributed by atoms with van der Waals surface area (Å²) < 4.78 is 5.23. The monoisotopic (exact) mass is 456 g/mol. The Balaban J connectivity index is 1.25. The number of rotatable bonds is 11. The van der Waals surface area contributed by atoms with Crippen molar-refractivity contribution in [1.29, 1.82) is 0 Å². The van der Waals surface area contributed by atoms with Crippen LogP contribution in [0.15, 0.2) is 42.0 Å². The number of carbonyl (C=O) groups is 1. The molecule has 0 radical (unpaired) electrons. The molecule has 2 aliphatic rings. The molecule has 4 heterocycles. The van der Waals surface area contributed by atoms with Gasteiger partial charge in [0.25, 0.3) is 0 Å². The number of hydrogen-bond donors (Lipinski definition) is 1. The predicted octanol–water partition coefficient (Wildman–Crippen LogP) is 3.40. The second kappa shape index (κ2) is 11.9. The molecule has 7 heteroatoms. The van der Waals surface area contributed by atoms with Crippen LogP contribution in [-0.4, -0.2) is 66.6 Å². The van der Waals surface area contributed by atoms with Gasteiger partial charge in [-0.3, -0.25) is 14.7 Å². The van der Waals surface area contributed by atoms with Gasteiger partial charge >= 0.3 is 0 Å². The molecule has 2 bridgehead atoms. The lowest BCUT2D eigenvalue weighted by atomic mass is 9.79. The molecule has 0 aromatic carbocycles. The van der Waals surface area contributed by atoms with Crippen LogP contribution in [0.5, 0.6) is 0 Å². The smallest absolute Gasteiger partial charge is 0.222 e. The Kier molecular flexibility index (Phi) is 8.68. The van der Waals surface area contributed by atoms with E-state index in [1.165, 1.54) is 23.4 Å². The molecular weight excluding hydrogens is 420 g/mol. The molecule has 2 aromatic heterocycles. The molecule has 2 fully saturated rings. The van der Waals surface area contributed by atoms with Crippen molar-refractivity contribution in [3.05, 3.63) is 52.5 Å². The summed E-state index contributed by atoms with van der Waals surface area (Å²) in [5.41, 5.74) is 1.30. The number of thiophene rings is 1. The van der Waals surface area contributed by atoms with Gasteiger partial charge in [0.1, 0.15) is 0 Å². The Bertz CT molecular complexity index is 817. The highest BCUT2D eigenvalue weighted by Crippen LogP contribution is 2.31. The minimum Gasteiger partial charge on any atom is -0.383 e. The van der Waals surface area contributed by atoms with Gasteiger partial charge in [0.2, 0.25) is 5.91 Å². The summed E-state index contributed by atoms with van der Waals surface area (Å²) in [7, 11) is 1.69. The Morgan fingerprint density at radius 2 is 2.28 bits per heavy atom. The molecule has 2 aromatic rings. The standard InChI is InChI=1S/C25H36N4O2S/c1-31-11-10-29(19-23-6-4-12-32-23)25(30)8-2-7-24-22-13-21(15-27-24)17-28(18-22)16-20-5-3-9-26-14-20/h3-6,9,12,14,21-22,24,27H,2,7-8,10-11,13,15-19H2,1H3/t21-,22+,24+/m0/s1. The van der Waals surface area contributed by atoms with Crippen LogP contribution in [0, 0.1) is 11.8 Å². The number of likely N-dealkylation sites (tertiary alicyclic amines) is 1. The van der Waals surface area contributed by atoms with Crippen LogP contribution in [0.2, 0.25) is 0 Å². The van der Waals surface area contributed by atoms with Crippen molar-refractivity contribution in [1.82, 2.24) is 20.1 Å². The third-order valence-corrected chi connectivity index (χ3v) is 7.62. The van der Waals surface area contributed by atoms with Gasteiger partial charge in [-0.05, 0) is 60.7 Å². The first-order valence-electron chi connectivity index (χ1n) is 11.8. The number of methoxy groups -OCH3 is 1. The van der Waals surface area contributed by atoms with E-state index in [1.54, 1.807) is 18.4 Å². The van der Waals surface area contributed by atoms with E-state index in [4.69, 9.17) is 4.74 Å². The maximum Gasteiger partial charge on any atom is 0.222 e. The molecule has 0 spiro atoms. The molecular formula is C25H36N4O2S. The quantitative estimate of drug-likeness (QED) is 0.562. The largest absolute Gasteiger partial charge is 0.383 e. The molecule has 0 unspecified atom stereocenters. The van der Waals surface area contributed by atoms with Crippen molar-refractivity contribution >= 4 is 17.2 Å². The van der Waals surface area contributed by atoms with E-state index in [1.807, 2.05) is 29.4 Å². The first-order chi connectivity index (χ1) is 15.7. The highest BCUT2D eigenvalue weighted by molar-refractivity contribution is 7.09. The fourth-order valence-electron chi connectivity index (χ4n) is 5.20. The molecule has 1 N–H and O–H groups in total. The highest BCUT2D eigenvalue weighted by Gasteiger charge is 2.36. The summed E-state index contributed by atoms with van der Waals surface area (Å²) in [4.78, 5) is 23.0. The maximum absolute atomic E-state index is 12.9. The number of carbonyl (C=O) groups excluding carboxylic acids is 1. The molecule has 32 heavy (non-hydrogen) atoms. The van der Waals surface area contributed by atoms with Crippen LogP contribution >= 0.6 is 11.3 Å². The topological polar surface area (TPSA) is 57.7 Å². The SMILES string of the molecule is COCCN(Cc1cccs1)C(=O)CCC[C@H]1NC[C@@H]2C[C@@H]1CN(Cc1cccnc1)C2. The zero-order valence-corrected chi connectivity index (χ0v) is 19.9. The second-order valence-electron chi connectivity index (χ2n) is 9.21. The summed E-state index contributed by atoms with van der Waals surface area (Å²) in [5.74, 6) is 1.65. The van der Waals surface area contributed by atoms with Crippen LogP contribution in [-0.2, 0) is 22.6 Å². The second-order valence-corrected chi connectivity index (χ2v) is 10.2. The van der Waals surface area contributed by atoms with E-state index in [-0.39, 0.29) is 5.91 Å². The number of piperidine rings is 2. The van der Waals surface area contributed by atoms with Crippen molar-refractivity contribution < 1.29 is 9.53 Å². The number of amides is 1. The lowest BCUT2D eigenvalue weighted by Gasteiger charge is -2.46. The van der Waals surface area contributed by atoms with E-state index in [0.29, 0.717) is 38.1 Å². The van der Waals surface area contributed by atoms with Crippen molar-refractivity contribution in [3.8, 4) is 0 Å². The van der Waals surface area contributed by atoms with Crippen molar-refractivity contribution in [3.63, 3.8) is 0 Å². The molecule has 2 aliphatic heterocycles. The van der Waals surface area contributed by atoms with Gasteiger partial charge in [-0.25, -0.2) is 0 Å². The van der Waals surface area contributed by atoms with Crippen molar-refractivity contribution in [2.24, 2.45) is 11.8 Å². The van der Waals surface area contributed by atoms with E-state index >= 15 is 0 Å². The number of nitrogens with one attached hydrogen (secondary N) is 1.